The number of aliphatic hydroxyl groups is 1. The zero-order valence-corrected chi connectivity index (χ0v) is 14.4. The average molecular weight is 309 g/mol. The summed E-state index contributed by atoms with van der Waals surface area (Å²) in [6.07, 6.45) is 6.75. The van der Waals surface area contributed by atoms with Gasteiger partial charge in [-0.15, -0.1) is 0 Å². The molecule has 0 radical (unpaired) electrons. The number of unbranched alkanes of at least 4 members (excludes halogenated alkanes) is 1. The van der Waals surface area contributed by atoms with Crippen molar-refractivity contribution in [3.05, 3.63) is 71.8 Å². The fraction of sp³-hybridized carbons (Fsp3) is 0.333. The molecule has 0 aromatic heterocycles. The summed E-state index contributed by atoms with van der Waals surface area (Å²) in [5.74, 6) is 0. The van der Waals surface area contributed by atoms with Crippen LogP contribution < -0.4 is 4.90 Å². The highest BCUT2D eigenvalue weighted by Gasteiger charge is 2.24. The lowest BCUT2D eigenvalue weighted by molar-refractivity contribution is 0.0778. The fourth-order valence-corrected chi connectivity index (χ4v) is 2.61. The number of hydrogen-bond acceptors (Lipinski definition) is 2. The third-order valence-corrected chi connectivity index (χ3v) is 4.15. The van der Waals surface area contributed by atoms with Gasteiger partial charge in [-0.2, -0.15) is 0 Å². The Bertz CT molecular complexity index is 616. The molecule has 0 saturated heterocycles. The summed E-state index contributed by atoms with van der Waals surface area (Å²) in [5.41, 5.74) is 2.32. The van der Waals surface area contributed by atoms with E-state index >= 15 is 0 Å². The van der Waals surface area contributed by atoms with Gasteiger partial charge in [0.15, 0.2) is 0 Å². The quantitative estimate of drug-likeness (QED) is 0.791. The van der Waals surface area contributed by atoms with Crippen LogP contribution >= 0.6 is 0 Å². The molecule has 23 heavy (non-hydrogen) atoms. The monoisotopic (exact) mass is 309 g/mol. The highest BCUT2D eigenvalue weighted by molar-refractivity contribution is 5.56. The minimum atomic E-state index is -0.905. The summed E-state index contributed by atoms with van der Waals surface area (Å²) >= 11 is 0. The van der Waals surface area contributed by atoms with Crippen LogP contribution in [0.2, 0.25) is 0 Å². The lowest BCUT2D eigenvalue weighted by Gasteiger charge is -2.25. The van der Waals surface area contributed by atoms with Crippen LogP contribution in [-0.4, -0.2) is 19.2 Å². The molecule has 1 N–H and O–H groups in total. The second-order valence-electron chi connectivity index (χ2n) is 6.21. The van der Waals surface area contributed by atoms with Gasteiger partial charge in [0.25, 0.3) is 0 Å². The van der Waals surface area contributed by atoms with Gasteiger partial charge >= 0.3 is 0 Å². The first-order valence-electron chi connectivity index (χ1n) is 8.30. The van der Waals surface area contributed by atoms with Crippen molar-refractivity contribution in [2.75, 3.05) is 19.0 Å². The molecule has 2 heteroatoms. The molecule has 0 heterocycles. The minimum absolute atomic E-state index is 0.736. The second-order valence-corrected chi connectivity index (χ2v) is 6.21. The Kier molecular flexibility index (Phi) is 6.00. The third kappa shape index (κ3) is 4.70. The maximum absolute atomic E-state index is 11.1. The van der Waals surface area contributed by atoms with E-state index in [0.717, 1.165) is 30.4 Å². The van der Waals surface area contributed by atoms with Crippen molar-refractivity contribution >= 4 is 11.8 Å². The van der Waals surface area contributed by atoms with Crippen LogP contribution in [0.4, 0.5) is 5.69 Å². The third-order valence-electron chi connectivity index (χ3n) is 4.15. The molecule has 2 rings (SSSR count). The molecule has 0 aliphatic rings. The van der Waals surface area contributed by atoms with Crippen LogP contribution in [0, 0.1) is 0 Å². The van der Waals surface area contributed by atoms with Crippen molar-refractivity contribution < 1.29 is 5.11 Å². The standard InChI is InChI=1S/C21H27NO/c1-4-5-16-21(23,19-9-7-6-8-10-19)17-15-18-11-13-20(14-12-18)22(2)3/h6-15,17,23H,4-5,16H2,1-3H3/b17-15+. The molecule has 2 aromatic rings. The Morgan fingerprint density at radius 1 is 1.00 bits per heavy atom. The van der Waals surface area contributed by atoms with Gasteiger partial charge in [-0.05, 0) is 35.8 Å². The van der Waals surface area contributed by atoms with Crippen molar-refractivity contribution in [2.24, 2.45) is 0 Å². The lowest BCUT2D eigenvalue weighted by atomic mass is 9.87. The summed E-state index contributed by atoms with van der Waals surface area (Å²) < 4.78 is 0. The molecule has 0 aliphatic heterocycles. The molecule has 0 fully saturated rings. The molecule has 0 spiro atoms. The van der Waals surface area contributed by atoms with Crippen molar-refractivity contribution in [3.8, 4) is 0 Å². The Labute approximate surface area is 140 Å². The first-order valence-corrected chi connectivity index (χ1v) is 8.30. The molecule has 2 nitrogen and oxygen atoms in total. The first-order chi connectivity index (χ1) is 11.0. The number of rotatable bonds is 7. The Hall–Kier alpha value is -2.06. The molecule has 0 amide bonds. The smallest absolute Gasteiger partial charge is 0.108 e. The molecule has 0 aliphatic carbocycles. The normalized spacial score (nSPS) is 13.9. The largest absolute Gasteiger partial charge is 0.381 e. The Balaban J connectivity index is 2.23. The topological polar surface area (TPSA) is 23.5 Å². The van der Waals surface area contributed by atoms with Gasteiger partial charge in [-0.1, -0.05) is 68.3 Å². The number of anilines is 1. The van der Waals surface area contributed by atoms with Crippen LogP contribution in [-0.2, 0) is 5.60 Å². The highest BCUT2D eigenvalue weighted by atomic mass is 16.3. The first kappa shape index (κ1) is 17.3. The predicted octanol–water partition coefficient (Wildman–Crippen LogP) is 4.84. The van der Waals surface area contributed by atoms with Crippen LogP contribution in [0.1, 0.15) is 37.3 Å². The van der Waals surface area contributed by atoms with E-state index in [1.165, 1.54) is 5.69 Å². The SMILES string of the molecule is CCCCC(O)(/C=C/c1ccc(N(C)C)cc1)c1ccccc1. The van der Waals surface area contributed by atoms with E-state index < -0.39 is 5.60 Å². The van der Waals surface area contributed by atoms with Crippen LogP contribution in [0.25, 0.3) is 6.08 Å². The van der Waals surface area contributed by atoms with Gasteiger partial charge in [0.2, 0.25) is 0 Å². The van der Waals surface area contributed by atoms with E-state index in [1.807, 2.05) is 56.6 Å². The van der Waals surface area contributed by atoms with E-state index in [0.29, 0.717) is 0 Å². The van der Waals surface area contributed by atoms with Crippen LogP contribution in [0.5, 0.6) is 0 Å². The van der Waals surface area contributed by atoms with Crippen molar-refractivity contribution in [2.45, 2.75) is 31.8 Å². The summed E-state index contributed by atoms with van der Waals surface area (Å²) in [7, 11) is 4.06. The van der Waals surface area contributed by atoms with Crippen molar-refractivity contribution in [1.82, 2.24) is 0 Å². The zero-order chi connectivity index (χ0) is 16.7. The van der Waals surface area contributed by atoms with E-state index in [9.17, 15) is 5.11 Å². The molecule has 1 unspecified atom stereocenters. The van der Waals surface area contributed by atoms with Crippen LogP contribution in [0.3, 0.4) is 0 Å². The van der Waals surface area contributed by atoms with E-state index in [1.54, 1.807) is 0 Å². The summed E-state index contributed by atoms with van der Waals surface area (Å²) in [6, 6.07) is 18.3. The van der Waals surface area contributed by atoms with Gasteiger partial charge < -0.3 is 10.0 Å². The van der Waals surface area contributed by atoms with E-state index in [-0.39, 0.29) is 0 Å². The average Bonchev–Trinajstić information content (AvgIpc) is 2.59. The van der Waals surface area contributed by atoms with Crippen molar-refractivity contribution in [1.29, 1.82) is 0 Å². The summed E-state index contributed by atoms with van der Waals surface area (Å²) in [6.45, 7) is 2.15. The molecule has 2 aromatic carbocycles. The maximum Gasteiger partial charge on any atom is 0.108 e. The summed E-state index contributed by atoms with van der Waals surface area (Å²) in [4.78, 5) is 2.08. The lowest BCUT2D eigenvalue weighted by Crippen LogP contribution is -2.22. The zero-order valence-electron chi connectivity index (χ0n) is 14.4. The molecular formula is C21H27NO. The molecule has 0 bridgehead atoms. The molecule has 122 valence electrons. The van der Waals surface area contributed by atoms with Crippen LogP contribution in [0.15, 0.2) is 60.7 Å². The van der Waals surface area contributed by atoms with Gasteiger partial charge in [-0.3, -0.25) is 0 Å². The fourth-order valence-electron chi connectivity index (χ4n) is 2.61. The van der Waals surface area contributed by atoms with Gasteiger partial charge in [0, 0.05) is 19.8 Å². The maximum atomic E-state index is 11.1. The summed E-state index contributed by atoms with van der Waals surface area (Å²) in [5, 5.41) is 11.1. The Morgan fingerprint density at radius 3 is 2.22 bits per heavy atom. The van der Waals surface area contributed by atoms with Gasteiger partial charge in [-0.25, -0.2) is 0 Å². The van der Waals surface area contributed by atoms with E-state index in [4.69, 9.17) is 0 Å². The number of nitrogens with zero attached hydrogens (tertiary/aromatic N) is 1. The van der Waals surface area contributed by atoms with Crippen molar-refractivity contribution in [3.63, 3.8) is 0 Å². The number of hydrogen-bond donors (Lipinski definition) is 1. The molecule has 1 atom stereocenters. The van der Waals surface area contributed by atoms with Gasteiger partial charge in [0.05, 0.1) is 0 Å². The van der Waals surface area contributed by atoms with E-state index in [2.05, 4.69) is 36.1 Å². The second kappa shape index (κ2) is 7.98. The molecular weight excluding hydrogens is 282 g/mol. The van der Waals surface area contributed by atoms with Gasteiger partial charge in [0.1, 0.15) is 5.60 Å². The number of benzene rings is 2. The highest BCUT2D eigenvalue weighted by Crippen LogP contribution is 2.29. The Morgan fingerprint density at radius 2 is 1.65 bits per heavy atom. The molecule has 0 saturated carbocycles. The predicted molar refractivity (Wildman–Crippen MR) is 99.7 cm³/mol. The minimum Gasteiger partial charge on any atom is -0.381 e.